The third kappa shape index (κ3) is 9.56. The van der Waals surface area contributed by atoms with E-state index >= 15 is 0 Å². The molecular weight excluding hydrogens is 428 g/mol. The number of hydrogen-bond donors (Lipinski definition) is 7. The Labute approximate surface area is 182 Å². The van der Waals surface area contributed by atoms with Gasteiger partial charge in [-0.25, -0.2) is 4.79 Å². The molecule has 0 aliphatic rings. The van der Waals surface area contributed by atoms with E-state index in [2.05, 4.69) is 16.0 Å². The van der Waals surface area contributed by atoms with E-state index in [0.29, 0.717) is 5.69 Å². The molecule has 1 aromatic carbocycles. The fourth-order valence-corrected chi connectivity index (χ4v) is 2.47. The maximum absolute atomic E-state index is 12.4. The summed E-state index contributed by atoms with van der Waals surface area (Å²) in [5, 5.41) is 33.2. The van der Waals surface area contributed by atoms with Gasteiger partial charge in [-0.1, -0.05) is 0 Å². The molecule has 0 bridgehead atoms. The topological polar surface area (TPSA) is 225 Å². The molecule has 3 amide bonds. The highest BCUT2D eigenvalue weighted by Crippen LogP contribution is 2.07. The van der Waals surface area contributed by atoms with E-state index in [9.17, 15) is 28.8 Å². The number of carboxylic acid groups (broad SMARTS) is 3. The van der Waals surface area contributed by atoms with E-state index in [1.165, 1.54) is 24.3 Å². The zero-order chi connectivity index (χ0) is 24.3. The summed E-state index contributed by atoms with van der Waals surface area (Å²) in [5.74, 6) is -6.32. The molecule has 1 aromatic rings. The van der Waals surface area contributed by atoms with Gasteiger partial charge in [-0.2, -0.15) is 0 Å². The summed E-state index contributed by atoms with van der Waals surface area (Å²) in [7, 11) is 0. The van der Waals surface area contributed by atoms with Gasteiger partial charge in [-0.3, -0.25) is 24.0 Å². The third-order valence-corrected chi connectivity index (χ3v) is 4.14. The van der Waals surface area contributed by atoms with Crippen molar-refractivity contribution >= 4 is 41.3 Å². The Morgan fingerprint density at radius 2 is 1.34 bits per heavy atom. The lowest BCUT2D eigenvalue weighted by molar-refractivity contribution is -0.143. The molecule has 0 aliphatic carbocycles. The highest BCUT2D eigenvalue weighted by atomic mass is 16.4. The van der Waals surface area contributed by atoms with Gasteiger partial charge in [0.25, 0.3) is 5.91 Å². The van der Waals surface area contributed by atoms with Crippen LogP contribution in [0.5, 0.6) is 0 Å². The highest BCUT2D eigenvalue weighted by Gasteiger charge is 2.24. The molecule has 0 saturated heterocycles. The van der Waals surface area contributed by atoms with Crippen molar-refractivity contribution in [3.8, 4) is 0 Å². The van der Waals surface area contributed by atoms with Gasteiger partial charge >= 0.3 is 17.9 Å². The minimum Gasteiger partial charge on any atom is -0.481 e. The average molecular weight is 452 g/mol. The third-order valence-electron chi connectivity index (χ3n) is 4.14. The lowest BCUT2D eigenvalue weighted by Crippen LogP contribution is -2.51. The molecule has 8 N–H and O–H groups in total. The fourth-order valence-electron chi connectivity index (χ4n) is 2.47. The number of hydrogen-bond acceptors (Lipinski definition) is 7. The molecule has 0 aromatic heterocycles. The first-order valence-corrected chi connectivity index (χ1v) is 9.39. The second kappa shape index (κ2) is 12.5. The van der Waals surface area contributed by atoms with E-state index < -0.39 is 67.1 Å². The lowest BCUT2D eigenvalue weighted by atomic mass is 10.1. The van der Waals surface area contributed by atoms with Crippen LogP contribution in [-0.2, 0) is 24.0 Å². The number of rotatable bonds is 13. The number of carbonyl (C=O) groups excluding carboxylic acids is 3. The van der Waals surface area contributed by atoms with Crippen LogP contribution in [-0.4, -0.2) is 69.6 Å². The van der Waals surface area contributed by atoms with E-state index in [0.717, 1.165) is 0 Å². The summed E-state index contributed by atoms with van der Waals surface area (Å²) >= 11 is 0. The van der Waals surface area contributed by atoms with Crippen LogP contribution in [0, 0.1) is 0 Å². The molecule has 13 heteroatoms. The molecule has 32 heavy (non-hydrogen) atoms. The zero-order valence-corrected chi connectivity index (χ0v) is 16.9. The molecule has 0 unspecified atom stereocenters. The number of aliphatic carboxylic acids is 3. The van der Waals surface area contributed by atoms with Crippen molar-refractivity contribution in [3.63, 3.8) is 0 Å². The van der Waals surface area contributed by atoms with Gasteiger partial charge in [-0.15, -0.1) is 0 Å². The summed E-state index contributed by atoms with van der Waals surface area (Å²) < 4.78 is 0. The van der Waals surface area contributed by atoms with Crippen LogP contribution in [0.1, 0.15) is 36.0 Å². The Kier molecular flexibility index (Phi) is 10.1. The Bertz CT molecular complexity index is 870. The van der Waals surface area contributed by atoms with Crippen molar-refractivity contribution in [1.82, 2.24) is 16.0 Å². The maximum atomic E-state index is 12.4. The molecule has 1 rings (SSSR count). The predicted octanol–water partition coefficient (Wildman–Crippen LogP) is -1.22. The molecule has 0 radical (unpaired) electrons. The molecule has 2 atom stereocenters. The quantitative estimate of drug-likeness (QED) is 0.177. The molecule has 0 spiro atoms. The van der Waals surface area contributed by atoms with Gasteiger partial charge in [0.2, 0.25) is 11.8 Å². The zero-order valence-electron chi connectivity index (χ0n) is 16.9. The van der Waals surface area contributed by atoms with Gasteiger partial charge in [0.05, 0.1) is 6.54 Å². The van der Waals surface area contributed by atoms with E-state index in [1.807, 2.05) is 0 Å². The van der Waals surface area contributed by atoms with Crippen molar-refractivity contribution in [3.05, 3.63) is 29.8 Å². The second-order valence-corrected chi connectivity index (χ2v) is 6.69. The van der Waals surface area contributed by atoms with Gasteiger partial charge in [0.1, 0.15) is 12.1 Å². The first kappa shape index (κ1) is 25.9. The van der Waals surface area contributed by atoms with Gasteiger partial charge in [-0.05, 0) is 37.1 Å². The number of anilines is 1. The van der Waals surface area contributed by atoms with Crippen LogP contribution < -0.4 is 21.7 Å². The molecule has 0 fully saturated rings. The molecule has 0 heterocycles. The van der Waals surface area contributed by atoms with Crippen LogP contribution in [0.4, 0.5) is 5.69 Å². The molecule has 174 valence electrons. The first-order chi connectivity index (χ1) is 15.0. The Hall–Kier alpha value is -4.16. The number of nitrogens with one attached hydrogen (secondary N) is 3. The first-order valence-electron chi connectivity index (χ1n) is 9.39. The Balaban J connectivity index is 2.72. The Morgan fingerprint density at radius 1 is 0.812 bits per heavy atom. The van der Waals surface area contributed by atoms with Crippen molar-refractivity contribution in [2.45, 2.75) is 37.8 Å². The monoisotopic (exact) mass is 452 g/mol. The predicted molar refractivity (Wildman–Crippen MR) is 108 cm³/mol. The smallest absolute Gasteiger partial charge is 0.326 e. The van der Waals surface area contributed by atoms with Crippen LogP contribution in [0.15, 0.2) is 24.3 Å². The number of carboxylic acids is 3. The maximum Gasteiger partial charge on any atom is 0.326 e. The summed E-state index contributed by atoms with van der Waals surface area (Å²) in [6.07, 6.45) is -1.55. The van der Waals surface area contributed by atoms with E-state index in [4.69, 9.17) is 21.1 Å². The SMILES string of the molecule is Nc1ccc(C(=O)N[C@@H](CCC(=O)O)C(=O)NCC(=O)N[C@@H](CCC(=O)O)C(=O)O)cc1. The largest absolute Gasteiger partial charge is 0.481 e. The molecular formula is C19H24N4O9. The number of benzene rings is 1. The summed E-state index contributed by atoms with van der Waals surface area (Å²) in [6.45, 7) is -0.670. The van der Waals surface area contributed by atoms with E-state index in [-0.39, 0.29) is 18.4 Å². The highest BCUT2D eigenvalue weighted by molar-refractivity contribution is 5.98. The van der Waals surface area contributed by atoms with Crippen molar-refractivity contribution in [2.75, 3.05) is 12.3 Å². The van der Waals surface area contributed by atoms with Crippen molar-refractivity contribution in [2.24, 2.45) is 0 Å². The van der Waals surface area contributed by atoms with Gasteiger partial charge in [0, 0.05) is 24.1 Å². The fraction of sp³-hybridized carbons (Fsp3) is 0.368. The minimum atomic E-state index is -1.47. The standard InChI is InChI=1S/C19H24N4O9/c20-11-3-1-10(2-4-11)17(29)23-12(5-7-15(25)26)18(30)21-9-14(24)22-13(19(31)32)6-8-16(27)28/h1-4,12-13H,5-9,20H2,(H,21,30)(H,22,24)(H,23,29)(H,25,26)(H,27,28)(H,31,32)/t12-,13-/m0/s1. The Morgan fingerprint density at radius 3 is 1.84 bits per heavy atom. The summed E-state index contributed by atoms with van der Waals surface area (Å²) in [6, 6.07) is 3.00. The van der Waals surface area contributed by atoms with Crippen LogP contribution in [0.3, 0.4) is 0 Å². The number of nitrogens with two attached hydrogens (primary N) is 1. The minimum absolute atomic E-state index is 0.174. The molecule has 13 nitrogen and oxygen atoms in total. The normalized spacial score (nSPS) is 12.1. The molecule has 0 aliphatic heterocycles. The van der Waals surface area contributed by atoms with Crippen molar-refractivity contribution in [1.29, 1.82) is 0 Å². The van der Waals surface area contributed by atoms with Crippen LogP contribution in [0.2, 0.25) is 0 Å². The number of amides is 3. The summed E-state index contributed by atoms with van der Waals surface area (Å²) in [5.41, 5.74) is 6.13. The summed E-state index contributed by atoms with van der Waals surface area (Å²) in [4.78, 5) is 69.2. The average Bonchev–Trinajstić information content (AvgIpc) is 2.72. The number of carbonyl (C=O) groups is 6. The van der Waals surface area contributed by atoms with Crippen LogP contribution >= 0.6 is 0 Å². The lowest BCUT2D eigenvalue weighted by Gasteiger charge is -2.19. The van der Waals surface area contributed by atoms with Crippen molar-refractivity contribution < 1.29 is 44.1 Å². The van der Waals surface area contributed by atoms with Crippen LogP contribution in [0.25, 0.3) is 0 Å². The van der Waals surface area contributed by atoms with Gasteiger partial charge < -0.3 is 37.0 Å². The van der Waals surface area contributed by atoms with Gasteiger partial charge in [0.15, 0.2) is 0 Å². The molecule has 0 saturated carbocycles. The number of nitrogen functional groups attached to an aromatic ring is 1. The van der Waals surface area contributed by atoms with E-state index in [1.54, 1.807) is 0 Å². The second-order valence-electron chi connectivity index (χ2n) is 6.69.